The van der Waals surface area contributed by atoms with Crippen LogP contribution in [-0.2, 0) is 14.6 Å². The van der Waals surface area contributed by atoms with Gasteiger partial charge in [0.25, 0.3) is 0 Å². The molecule has 0 saturated heterocycles. The molecule has 172 valence electrons. The van der Waals surface area contributed by atoms with Crippen LogP contribution in [0.25, 0.3) is 10.2 Å². The Labute approximate surface area is 193 Å². The zero-order valence-corrected chi connectivity index (χ0v) is 20.3. The van der Waals surface area contributed by atoms with Crippen molar-refractivity contribution < 1.29 is 17.9 Å². The minimum atomic E-state index is -3.47. The Morgan fingerprint density at radius 3 is 2.41 bits per heavy atom. The first-order valence-corrected chi connectivity index (χ1v) is 12.9. The van der Waals surface area contributed by atoms with E-state index in [1.807, 2.05) is 38.4 Å². The van der Waals surface area contributed by atoms with E-state index in [1.54, 1.807) is 17.0 Å². The Morgan fingerprint density at radius 2 is 1.75 bits per heavy atom. The maximum Gasteiger partial charge on any atom is 0.228 e. The molecule has 2 aromatic carbocycles. The number of thiazole rings is 1. The number of hydrogen-bond donors (Lipinski definition) is 0. The van der Waals surface area contributed by atoms with Crippen molar-refractivity contribution >= 4 is 42.4 Å². The number of aromatic nitrogens is 1. The van der Waals surface area contributed by atoms with Crippen LogP contribution in [0.15, 0.2) is 53.4 Å². The quantitative estimate of drug-likeness (QED) is 0.419. The third-order valence-electron chi connectivity index (χ3n) is 5.02. The molecule has 32 heavy (non-hydrogen) atoms. The second-order valence-corrected chi connectivity index (χ2v) is 10.9. The lowest BCUT2D eigenvalue weighted by atomic mass is 10.3. The number of nitrogens with zero attached hydrogens (tertiary/aromatic N) is 3. The Hall–Kier alpha value is -2.49. The molecular formula is C23H29N3O4S2. The van der Waals surface area contributed by atoms with Gasteiger partial charge in [-0.2, -0.15) is 0 Å². The van der Waals surface area contributed by atoms with Crippen molar-refractivity contribution in [1.82, 2.24) is 9.88 Å². The number of rotatable bonds is 11. The highest BCUT2D eigenvalue weighted by Crippen LogP contribution is 2.29. The molecule has 0 N–H and O–H groups in total. The highest BCUT2D eigenvalue weighted by molar-refractivity contribution is 7.91. The van der Waals surface area contributed by atoms with Gasteiger partial charge in [0.05, 0.1) is 28.0 Å². The van der Waals surface area contributed by atoms with E-state index in [4.69, 9.17) is 4.74 Å². The summed E-state index contributed by atoms with van der Waals surface area (Å²) in [5.74, 6) is 0.410. The van der Waals surface area contributed by atoms with Crippen LogP contribution in [0.4, 0.5) is 5.13 Å². The maximum atomic E-state index is 13.1. The monoisotopic (exact) mass is 475 g/mol. The van der Waals surface area contributed by atoms with Crippen molar-refractivity contribution in [3.05, 3.63) is 48.5 Å². The van der Waals surface area contributed by atoms with Crippen molar-refractivity contribution in [3.63, 3.8) is 0 Å². The molecule has 3 aromatic rings. The van der Waals surface area contributed by atoms with E-state index in [2.05, 4.69) is 9.88 Å². The van der Waals surface area contributed by atoms with Crippen LogP contribution in [-0.4, -0.2) is 64.3 Å². The Bertz CT molecular complexity index is 1110. The van der Waals surface area contributed by atoms with Gasteiger partial charge in [0, 0.05) is 13.0 Å². The minimum Gasteiger partial charge on any atom is -0.497 e. The Kier molecular flexibility index (Phi) is 8.22. The lowest BCUT2D eigenvalue weighted by Crippen LogP contribution is -2.33. The van der Waals surface area contributed by atoms with E-state index >= 15 is 0 Å². The topological polar surface area (TPSA) is 79.8 Å². The SMILES string of the molecule is COc1ccc(S(=O)(=O)CCCC(=O)N(CCCN(C)C)c2nc3ccccc3s2)cc1. The molecule has 0 atom stereocenters. The first-order chi connectivity index (χ1) is 15.3. The maximum absolute atomic E-state index is 13.1. The Morgan fingerprint density at radius 1 is 1.03 bits per heavy atom. The van der Waals surface area contributed by atoms with Gasteiger partial charge >= 0.3 is 0 Å². The number of fused-ring (bicyclic) bond motifs is 1. The van der Waals surface area contributed by atoms with Crippen LogP contribution < -0.4 is 9.64 Å². The van der Waals surface area contributed by atoms with Gasteiger partial charge in [-0.1, -0.05) is 23.5 Å². The predicted molar refractivity (Wildman–Crippen MR) is 129 cm³/mol. The van der Waals surface area contributed by atoms with Gasteiger partial charge in [-0.05, 0) is 69.9 Å². The second-order valence-electron chi connectivity index (χ2n) is 7.76. The molecule has 0 saturated carbocycles. The number of sulfone groups is 1. The third kappa shape index (κ3) is 6.27. The molecule has 1 amide bonds. The standard InChI is InChI=1S/C23H29N3O4S2/c1-25(2)15-7-16-26(23-24-20-8-4-5-9-21(20)31-23)22(27)10-6-17-32(28,29)19-13-11-18(30-3)12-14-19/h4-5,8-9,11-14H,6-7,10,15-17H2,1-3H3. The van der Waals surface area contributed by atoms with E-state index in [-0.39, 0.29) is 29.4 Å². The van der Waals surface area contributed by atoms with Gasteiger partial charge in [0.15, 0.2) is 15.0 Å². The van der Waals surface area contributed by atoms with E-state index < -0.39 is 9.84 Å². The molecule has 0 radical (unpaired) electrons. The lowest BCUT2D eigenvalue weighted by Gasteiger charge is -2.21. The normalized spacial score (nSPS) is 11.8. The van der Waals surface area contributed by atoms with Crippen LogP contribution >= 0.6 is 11.3 Å². The predicted octanol–water partition coefficient (Wildman–Crippen LogP) is 3.84. The van der Waals surface area contributed by atoms with Crippen LogP contribution in [0.3, 0.4) is 0 Å². The minimum absolute atomic E-state index is 0.0869. The summed E-state index contributed by atoms with van der Waals surface area (Å²) in [6, 6.07) is 14.1. The molecule has 1 heterocycles. The molecule has 0 bridgehead atoms. The smallest absolute Gasteiger partial charge is 0.228 e. The van der Waals surface area contributed by atoms with Crippen molar-refractivity contribution in [1.29, 1.82) is 0 Å². The Balaban J connectivity index is 1.67. The van der Waals surface area contributed by atoms with Crippen molar-refractivity contribution in [3.8, 4) is 5.75 Å². The number of amides is 1. The van der Waals surface area contributed by atoms with E-state index in [9.17, 15) is 13.2 Å². The number of carbonyl (C=O) groups excluding carboxylic acids is 1. The van der Waals surface area contributed by atoms with Crippen LogP contribution in [0.2, 0.25) is 0 Å². The van der Waals surface area contributed by atoms with Gasteiger partial charge in [0.2, 0.25) is 5.91 Å². The summed E-state index contributed by atoms with van der Waals surface area (Å²) in [7, 11) is 2.05. The summed E-state index contributed by atoms with van der Waals surface area (Å²) in [5.41, 5.74) is 0.861. The summed E-state index contributed by atoms with van der Waals surface area (Å²) in [4.78, 5) is 21.7. The zero-order chi connectivity index (χ0) is 23.1. The number of benzene rings is 2. The third-order valence-corrected chi connectivity index (χ3v) is 7.90. The fourth-order valence-corrected chi connectivity index (χ4v) is 5.62. The molecule has 0 unspecified atom stereocenters. The number of anilines is 1. The average molecular weight is 476 g/mol. The van der Waals surface area contributed by atoms with Gasteiger partial charge in [-0.15, -0.1) is 0 Å². The fourth-order valence-electron chi connectivity index (χ4n) is 3.30. The van der Waals surface area contributed by atoms with Crippen molar-refractivity contribution in [2.24, 2.45) is 0 Å². The molecule has 7 nitrogen and oxygen atoms in total. The molecule has 0 spiro atoms. The molecule has 3 rings (SSSR count). The summed E-state index contributed by atoms with van der Waals surface area (Å²) in [5, 5.41) is 0.660. The summed E-state index contributed by atoms with van der Waals surface area (Å²) < 4.78 is 31.4. The highest BCUT2D eigenvalue weighted by atomic mass is 32.2. The zero-order valence-electron chi connectivity index (χ0n) is 18.7. The van der Waals surface area contributed by atoms with Gasteiger partial charge in [0.1, 0.15) is 5.75 Å². The molecular weight excluding hydrogens is 446 g/mol. The molecule has 1 aromatic heterocycles. The first kappa shape index (κ1) is 24.2. The summed E-state index contributed by atoms with van der Waals surface area (Å²) in [6.45, 7) is 1.39. The lowest BCUT2D eigenvalue weighted by molar-refractivity contribution is -0.118. The van der Waals surface area contributed by atoms with Crippen molar-refractivity contribution in [2.75, 3.05) is 44.9 Å². The molecule has 9 heteroatoms. The average Bonchev–Trinajstić information content (AvgIpc) is 3.20. The van der Waals surface area contributed by atoms with Gasteiger partial charge < -0.3 is 9.64 Å². The van der Waals surface area contributed by atoms with Crippen LogP contribution in [0.5, 0.6) is 5.75 Å². The molecule has 0 aliphatic carbocycles. The number of para-hydroxylation sites is 1. The number of hydrogen-bond acceptors (Lipinski definition) is 7. The van der Waals surface area contributed by atoms with Crippen LogP contribution in [0, 0.1) is 0 Å². The summed E-state index contributed by atoms with van der Waals surface area (Å²) >= 11 is 1.48. The number of carbonyl (C=O) groups is 1. The van der Waals surface area contributed by atoms with Crippen molar-refractivity contribution in [2.45, 2.75) is 24.2 Å². The van der Waals surface area contributed by atoms with Crippen LogP contribution in [0.1, 0.15) is 19.3 Å². The highest BCUT2D eigenvalue weighted by Gasteiger charge is 2.21. The summed E-state index contributed by atoms with van der Waals surface area (Å²) in [6.07, 6.45) is 1.20. The van der Waals surface area contributed by atoms with E-state index in [0.717, 1.165) is 23.2 Å². The number of methoxy groups -OCH3 is 1. The van der Waals surface area contributed by atoms with E-state index in [1.165, 1.54) is 30.6 Å². The molecule has 0 aliphatic heterocycles. The van der Waals surface area contributed by atoms with Gasteiger partial charge in [-0.3, -0.25) is 9.69 Å². The second kappa shape index (κ2) is 10.9. The largest absolute Gasteiger partial charge is 0.497 e. The molecule has 0 aliphatic rings. The molecule has 0 fully saturated rings. The number of ether oxygens (including phenoxy) is 1. The van der Waals surface area contributed by atoms with E-state index in [0.29, 0.717) is 17.4 Å². The van der Waals surface area contributed by atoms with Gasteiger partial charge in [-0.25, -0.2) is 13.4 Å². The first-order valence-electron chi connectivity index (χ1n) is 10.5. The fraction of sp³-hybridized carbons (Fsp3) is 0.391.